The Kier molecular flexibility index (Phi) is 1.78. The van der Waals surface area contributed by atoms with Gasteiger partial charge in [0.25, 0.3) is 5.91 Å². The molecule has 1 aliphatic heterocycles. The Morgan fingerprint density at radius 1 is 1.28 bits per heavy atom. The molecule has 0 radical (unpaired) electrons. The summed E-state index contributed by atoms with van der Waals surface area (Å²) in [6, 6.07) is 5.76. The van der Waals surface area contributed by atoms with E-state index in [0.29, 0.717) is 17.3 Å². The van der Waals surface area contributed by atoms with Crippen molar-refractivity contribution in [3.8, 4) is 0 Å². The third-order valence-electron chi connectivity index (χ3n) is 3.34. The van der Waals surface area contributed by atoms with Gasteiger partial charge in [-0.05, 0) is 6.07 Å². The number of fused-ring (bicyclic) bond motifs is 5. The van der Waals surface area contributed by atoms with Crippen LogP contribution in [0.25, 0.3) is 21.7 Å². The number of amides is 1. The number of hydrogen-bond donors (Lipinski definition) is 2. The molecule has 1 aliphatic rings. The minimum Gasteiger partial charge on any atom is -0.352 e. The van der Waals surface area contributed by atoms with E-state index in [9.17, 15) is 4.79 Å². The van der Waals surface area contributed by atoms with Gasteiger partial charge in [-0.1, -0.05) is 23.7 Å². The lowest BCUT2D eigenvalue weighted by Crippen LogP contribution is -2.13. The van der Waals surface area contributed by atoms with Gasteiger partial charge in [-0.3, -0.25) is 4.79 Å². The number of benzene rings is 1. The molecule has 3 heterocycles. The molecule has 3 aromatic rings. The third kappa shape index (κ3) is 1.15. The van der Waals surface area contributed by atoms with Gasteiger partial charge in [-0.2, -0.15) is 0 Å². The van der Waals surface area contributed by atoms with E-state index in [-0.39, 0.29) is 5.91 Å². The molecule has 0 saturated carbocycles. The lowest BCUT2D eigenvalue weighted by atomic mass is 10.1. The number of aromatic nitrogens is 2. The largest absolute Gasteiger partial charge is 0.352 e. The third-order valence-corrected chi connectivity index (χ3v) is 3.55. The minimum absolute atomic E-state index is 0.0413. The Balaban J connectivity index is 2.21. The second kappa shape index (κ2) is 3.23. The molecule has 5 heteroatoms. The number of carbonyl (C=O) groups is 1. The number of nitrogens with zero attached hydrogens (tertiary/aromatic N) is 1. The maximum atomic E-state index is 11.8. The molecule has 4 rings (SSSR count). The van der Waals surface area contributed by atoms with Crippen LogP contribution in [-0.2, 0) is 6.54 Å². The fourth-order valence-corrected chi connectivity index (χ4v) is 2.68. The Labute approximate surface area is 107 Å². The zero-order valence-corrected chi connectivity index (χ0v) is 10.0. The summed E-state index contributed by atoms with van der Waals surface area (Å²) in [4.78, 5) is 19.3. The summed E-state index contributed by atoms with van der Waals surface area (Å²) in [7, 11) is 0. The molecule has 1 aromatic carbocycles. The number of rotatable bonds is 0. The number of nitrogens with one attached hydrogen (secondary N) is 2. The van der Waals surface area contributed by atoms with Crippen molar-refractivity contribution < 1.29 is 4.79 Å². The molecule has 2 N–H and O–H groups in total. The molecule has 0 atom stereocenters. The fourth-order valence-electron chi connectivity index (χ4n) is 2.52. The Morgan fingerprint density at radius 3 is 3.06 bits per heavy atom. The summed E-state index contributed by atoms with van der Waals surface area (Å²) in [5.41, 5.74) is 2.38. The standard InChI is InChI=1S/C13H8ClN3O/c14-10-3-8-6(4-15-10)1-2-7-11-9(17-12(7)8)5-16-13(11)18/h1-4,15H,5H2,(H,16,18). The van der Waals surface area contributed by atoms with Crippen molar-refractivity contribution in [1.82, 2.24) is 15.3 Å². The number of pyridine rings is 1. The fraction of sp³-hybridized carbons (Fsp3) is 0.0769. The van der Waals surface area contributed by atoms with Gasteiger partial charge in [0.1, 0.15) is 5.15 Å². The van der Waals surface area contributed by atoms with Crippen molar-refractivity contribution in [1.29, 1.82) is 0 Å². The predicted molar refractivity (Wildman–Crippen MR) is 69.8 cm³/mol. The van der Waals surface area contributed by atoms with Gasteiger partial charge in [-0.25, -0.2) is 4.98 Å². The molecule has 0 aliphatic carbocycles. The van der Waals surface area contributed by atoms with Crippen LogP contribution in [0.5, 0.6) is 0 Å². The van der Waals surface area contributed by atoms with E-state index in [1.165, 1.54) is 0 Å². The first-order valence-corrected chi connectivity index (χ1v) is 5.99. The summed E-state index contributed by atoms with van der Waals surface area (Å²) in [5, 5.41) is 6.24. The van der Waals surface area contributed by atoms with Crippen molar-refractivity contribution in [3.63, 3.8) is 0 Å². The molecular formula is C13H8ClN3O. The number of halogens is 1. The van der Waals surface area contributed by atoms with Gasteiger partial charge in [0.05, 0.1) is 23.3 Å². The number of aromatic amines is 1. The van der Waals surface area contributed by atoms with E-state index < -0.39 is 0 Å². The van der Waals surface area contributed by atoms with Crippen LogP contribution in [-0.4, -0.2) is 15.9 Å². The van der Waals surface area contributed by atoms with E-state index in [4.69, 9.17) is 11.6 Å². The van der Waals surface area contributed by atoms with Gasteiger partial charge < -0.3 is 10.3 Å². The zero-order valence-electron chi connectivity index (χ0n) is 9.25. The Morgan fingerprint density at radius 2 is 2.17 bits per heavy atom. The highest BCUT2D eigenvalue weighted by molar-refractivity contribution is 6.30. The second-order valence-electron chi connectivity index (χ2n) is 4.36. The molecular weight excluding hydrogens is 250 g/mol. The summed E-state index contributed by atoms with van der Waals surface area (Å²) < 4.78 is 0. The lowest BCUT2D eigenvalue weighted by Gasteiger charge is -2.01. The van der Waals surface area contributed by atoms with E-state index in [1.807, 2.05) is 24.4 Å². The summed E-state index contributed by atoms with van der Waals surface area (Å²) in [6.45, 7) is 0.511. The monoisotopic (exact) mass is 257 g/mol. The van der Waals surface area contributed by atoms with Gasteiger partial charge in [0.15, 0.2) is 0 Å². The molecule has 0 unspecified atom stereocenters. The molecule has 0 saturated heterocycles. The van der Waals surface area contributed by atoms with Crippen LogP contribution in [0.3, 0.4) is 0 Å². The van der Waals surface area contributed by atoms with Gasteiger partial charge in [-0.15, -0.1) is 0 Å². The summed E-state index contributed by atoms with van der Waals surface area (Å²) in [5.74, 6) is -0.0413. The predicted octanol–water partition coefficient (Wildman–Crippen LogP) is 2.61. The second-order valence-corrected chi connectivity index (χ2v) is 4.77. The van der Waals surface area contributed by atoms with Crippen molar-refractivity contribution >= 4 is 39.2 Å². The molecule has 18 heavy (non-hydrogen) atoms. The van der Waals surface area contributed by atoms with E-state index in [2.05, 4.69) is 15.3 Å². The van der Waals surface area contributed by atoms with Crippen LogP contribution in [0.15, 0.2) is 24.4 Å². The van der Waals surface area contributed by atoms with Crippen molar-refractivity contribution in [2.24, 2.45) is 0 Å². The first kappa shape index (κ1) is 9.91. The topological polar surface area (TPSA) is 57.8 Å². The van der Waals surface area contributed by atoms with Crippen LogP contribution in [0.1, 0.15) is 16.1 Å². The average Bonchev–Trinajstić information content (AvgIpc) is 2.90. The SMILES string of the molecule is O=C1NCc2nc3c(ccc4c[nH]c(Cl)cc43)c21. The van der Waals surface area contributed by atoms with Crippen LogP contribution in [0, 0.1) is 0 Å². The quantitative estimate of drug-likeness (QED) is 0.608. The minimum atomic E-state index is -0.0413. The van der Waals surface area contributed by atoms with Crippen LogP contribution in [0.2, 0.25) is 5.15 Å². The van der Waals surface area contributed by atoms with E-state index >= 15 is 0 Å². The molecule has 0 spiro atoms. The molecule has 88 valence electrons. The lowest BCUT2D eigenvalue weighted by molar-refractivity contribution is 0.0967. The first-order valence-electron chi connectivity index (χ1n) is 5.61. The maximum Gasteiger partial charge on any atom is 0.254 e. The highest BCUT2D eigenvalue weighted by Gasteiger charge is 2.25. The normalized spacial score (nSPS) is 14.2. The number of H-pyrrole nitrogens is 1. The van der Waals surface area contributed by atoms with Gasteiger partial charge >= 0.3 is 0 Å². The molecule has 0 fully saturated rings. The van der Waals surface area contributed by atoms with Crippen LogP contribution >= 0.6 is 11.6 Å². The van der Waals surface area contributed by atoms with Crippen molar-refractivity contribution in [2.45, 2.75) is 6.54 Å². The summed E-state index contributed by atoms with van der Waals surface area (Å²) in [6.07, 6.45) is 1.84. The maximum absolute atomic E-state index is 11.8. The van der Waals surface area contributed by atoms with Crippen LogP contribution in [0.4, 0.5) is 0 Å². The van der Waals surface area contributed by atoms with Crippen LogP contribution < -0.4 is 5.32 Å². The molecule has 1 amide bonds. The molecule has 4 nitrogen and oxygen atoms in total. The Bertz CT molecular complexity index is 822. The number of hydrogen-bond acceptors (Lipinski definition) is 2. The summed E-state index contributed by atoms with van der Waals surface area (Å²) >= 11 is 5.98. The smallest absolute Gasteiger partial charge is 0.254 e. The molecule has 0 bridgehead atoms. The van der Waals surface area contributed by atoms with E-state index in [0.717, 1.165) is 27.4 Å². The zero-order chi connectivity index (χ0) is 12.3. The first-order chi connectivity index (χ1) is 8.74. The van der Waals surface area contributed by atoms with Gasteiger partial charge in [0.2, 0.25) is 0 Å². The number of carbonyl (C=O) groups excluding carboxylic acids is 1. The van der Waals surface area contributed by atoms with Gasteiger partial charge in [0, 0.05) is 22.4 Å². The Hall–Kier alpha value is -2.07. The molecule has 2 aromatic heterocycles. The van der Waals surface area contributed by atoms with E-state index in [1.54, 1.807) is 0 Å². The average molecular weight is 258 g/mol. The highest BCUT2D eigenvalue weighted by Crippen LogP contribution is 2.32. The van der Waals surface area contributed by atoms with Crippen molar-refractivity contribution in [3.05, 3.63) is 40.8 Å². The van der Waals surface area contributed by atoms with Crippen molar-refractivity contribution in [2.75, 3.05) is 0 Å². The highest BCUT2D eigenvalue weighted by atomic mass is 35.5.